The molecule has 0 unspecified atom stereocenters. The Morgan fingerprint density at radius 2 is 1.76 bits per heavy atom. The molecular weight excluding hydrogens is 359 g/mol. The Morgan fingerprint density at radius 3 is 2.36 bits per heavy atom. The second-order valence-corrected chi connectivity index (χ2v) is 6.68. The summed E-state index contributed by atoms with van der Waals surface area (Å²) in [7, 11) is 0. The third-order valence-corrected chi connectivity index (χ3v) is 4.37. The highest BCUT2D eigenvalue weighted by Crippen LogP contribution is 2.21. The van der Waals surface area contributed by atoms with Crippen LogP contribution in [-0.4, -0.2) is 29.8 Å². The SMILES string of the molecule is CC(=O)N(CCc1ccc(Cl)cc1Cl)CC(=O)Nc1ccc(C)cc1. The molecule has 0 heterocycles. The van der Waals surface area contributed by atoms with Gasteiger partial charge in [0.2, 0.25) is 11.8 Å². The molecule has 2 rings (SSSR count). The van der Waals surface area contributed by atoms with Gasteiger partial charge in [0.15, 0.2) is 0 Å². The Hall–Kier alpha value is -2.04. The maximum absolute atomic E-state index is 12.2. The largest absolute Gasteiger partial charge is 0.333 e. The molecule has 0 fully saturated rings. The van der Waals surface area contributed by atoms with Crippen LogP contribution >= 0.6 is 23.2 Å². The third-order valence-electron chi connectivity index (χ3n) is 3.78. The van der Waals surface area contributed by atoms with Gasteiger partial charge in [-0.1, -0.05) is 47.0 Å². The molecule has 132 valence electrons. The molecule has 0 aliphatic rings. The number of halogens is 2. The molecule has 2 amide bonds. The highest BCUT2D eigenvalue weighted by Gasteiger charge is 2.14. The zero-order chi connectivity index (χ0) is 18.4. The lowest BCUT2D eigenvalue weighted by molar-refractivity contribution is -0.132. The van der Waals surface area contributed by atoms with Crippen molar-refractivity contribution in [2.75, 3.05) is 18.4 Å². The van der Waals surface area contributed by atoms with Gasteiger partial charge in [-0.25, -0.2) is 0 Å². The van der Waals surface area contributed by atoms with Crippen molar-refractivity contribution in [2.45, 2.75) is 20.3 Å². The second kappa shape index (κ2) is 8.88. The van der Waals surface area contributed by atoms with Crippen LogP contribution in [0.2, 0.25) is 10.0 Å². The van der Waals surface area contributed by atoms with E-state index in [1.807, 2.05) is 37.3 Å². The van der Waals surface area contributed by atoms with E-state index >= 15 is 0 Å². The van der Waals surface area contributed by atoms with Crippen molar-refractivity contribution in [3.63, 3.8) is 0 Å². The van der Waals surface area contributed by atoms with Gasteiger partial charge in [0.1, 0.15) is 0 Å². The molecule has 2 aromatic carbocycles. The van der Waals surface area contributed by atoms with Crippen LogP contribution in [0.25, 0.3) is 0 Å². The van der Waals surface area contributed by atoms with Crippen LogP contribution in [-0.2, 0) is 16.0 Å². The predicted molar refractivity (Wildman–Crippen MR) is 102 cm³/mol. The molecule has 0 aromatic heterocycles. The van der Waals surface area contributed by atoms with Crippen LogP contribution in [0.5, 0.6) is 0 Å². The van der Waals surface area contributed by atoms with Crippen LogP contribution in [0.15, 0.2) is 42.5 Å². The van der Waals surface area contributed by atoms with Gasteiger partial charge in [0.05, 0.1) is 6.54 Å². The number of anilines is 1. The minimum Gasteiger partial charge on any atom is -0.333 e. The van der Waals surface area contributed by atoms with E-state index in [0.29, 0.717) is 28.7 Å². The first-order valence-corrected chi connectivity index (χ1v) is 8.66. The first kappa shape index (κ1) is 19.3. The summed E-state index contributed by atoms with van der Waals surface area (Å²) in [6.07, 6.45) is 0.549. The quantitative estimate of drug-likeness (QED) is 0.812. The standard InChI is InChI=1S/C19H20Cl2N2O2/c1-13-3-7-17(8-4-13)22-19(25)12-23(14(2)24)10-9-15-5-6-16(20)11-18(15)21/h3-8,11H,9-10,12H2,1-2H3,(H,22,25). The van der Waals surface area contributed by atoms with Gasteiger partial charge in [-0.2, -0.15) is 0 Å². The predicted octanol–water partition coefficient (Wildman–Crippen LogP) is 4.33. The number of amides is 2. The van der Waals surface area contributed by atoms with E-state index in [-0.39, 0.29) is 18.4 Å². The van der Waals surface area contributed by atoms with E-state index in [2.05, 4.69) is 5.32 Å². The molecule has 0 radical (unpaired) electrons. The summed E-state index contributed by atoms with van der Waals surface area (Å²) < 4.78 is 0. The molecule has 0 spiro atoms. The van der Waals surface area contributed by atoms with Crippen molar-refractivity contribution in [1.29, 1.82) is 0 Å². The summed E-state index contributed by atoms with van der Waals surface area (Å²) >= 11 is 12.0. The Bertz CT molecular complexity index is 761. The molecule has 6 heteroatoms. The Labute approximate surface area is 157 Å². The fourth-order valence-corrected chi connectivity index (χ4v) is 2.84. The number of carbonyl (C=O) groups excluding carboxylic acids is 2. The van der Waals surface area contributed by atoms with Gasteiger partial charge in [0.25, 0.3) is 0 Å². The van der Waals surface area contributed by atoms with E-state index in [9.17, 15) is 9.59 Å². The van der Waals surface area contributed by atoms with Gasteiger partial charge in [-0.15, -0.1) is 0 Å². The van der Waals surface area contributed by atoms with Crippen molar-refractivity contribution in [3.05, 3.63) is 63.6 Å². The molecule has 1 N–H and O–H groups in total. The lowest BCUT2D eigenvalue weighted by Crippen LogP contribution is -2.38. The maximum Gasteiger partial charge on any atom is 0.243 e. The smallest absolute Gasteiger partial charge is 0.243 e. The summed E-state index contributed by atoms with van der Waals surface area (Å²) in [4.78, 5) is 25.5. The molecule has 0 atom stereocenters. The van der Waals surface area contributed by atoms with Crippen LogP contribution < -0.4 is 5.32 Å². The molecule has 0 aliphatic carbocycles. The normalized spacial score (nSPS) is 10.4. The number of rotatable bonds is 6. The van der Waals surface area contributed by atoms with E-state index in [1.165, 1.54) is 11.8 Å². The zero-order valence-electron chi connectivity index (χ0n) is 14.2. The van der Waals surface area contributed by atoms with Crippen LogP contribution in [0.1, 0.15) is 18.1 Å². The fourth-order valence-electron chi connectivity index (χ4n) is 2.34. The summed E-state index contributed by atoms with van der Waals surface area (Å²) in [5.41, 5.74) is 2.71. The number of hydrogen-bond acceptors (Lipinski definition) is 2. The van der Waals surface area contributed by atoms with Crippen LogP contribution in [0.4, 0.5) is 5.69 Å². The Balaban J connectivity index is 1.94. The van der Waals surface area contributed by atoms with E-state index in [4.69, 9.17) is 23.2 Å². The first-order valence-electron chi connectivity index (χ1n) is 7.91. The van der Waals surface area contributed by atoms with E-state index in [1.54, 1.807) is 12.1 Å². The molecule has 0 aliphatic heterocycles. The average Bonchev–Trinajstić information content (AvgIpc) is 2.54. The number of carbonyl (C=O) groups is 2. The van der Waals surface area contributed by atoms with E-state index in [0.717, 1.165) is 11.1 Å². The molecule has 0 saturated heterocycles. The lowest BCUT2D eigenvalue weighted by Gasteiger charge is -2.21. The number of hydrogen-bond donors (Lipinski definition) is 1. The van der Waals surface area contributed by atoms with Crippen molar-refractivity contribution in [2.24, 2.45) is 0 Å². The monoisotopic (exact) mass is 378 g/mol. The van der Waals surface area contributed by atoms with Crippen LogP contribution in [0.3, 0.4) is 0 Å². The summed E-state index contributed by atoms with van der Waals surface area (Å²) in [6.45, 7) is 3.82. The summed E-state index contributed by atoms with van der Waals surface area (Å²) in [6, 6.07) is 12.8. The van der Waals surface area contributed by atoms with Crippen molar-refractivity contribution in [1.82, 2.24) is 4.90 Å². The van der Waals surface area contributed by atoms with Gasteiger partial charge < -0.3 is 10.2 Å². The molecule has 0 bridgehead atoms. The third kappa shape index (κ3) is 6.07. The van der Waals surface area contributed by atoms with Gasteiger partial charge in [0, 0.05) is 29.2 Å². The van der Waals surface area contributed by atoms with Crippen molar-refractivity contribution in [3.8, 4) is 0 Å². The summed E-state index contributed by atoms with van der Waals surface area (Å²) in [5, 5.41) is 3.92. The zero-order valence-corrected chi connectivity index (χ0v) is 15.7. The Morgan fingerprint density at radius 1 is 1.08 bits per heavy atom. The number of nitrogens with one attached hydrogen (secondary N) is 1. The van der Waals surface area contributed by atoms with Gasteiger partial charge in [-0.05, 0) is 43.2 Å². The van der Waals surface area contributed by atoms with Gasteiger partial charge >= 0.3 is 0 Å². The molecule has 2 aromatic rings. The van der Waals surface area contributed by atoms with Gasteiger partial charge in [-0.3, -0.25) is 9.59 Å². The molecule has 4 nitrogen and oxygen atoms in total. The summed E-state index contributed by atoms with van der Waals surface area (Å²) in [5.74, 6) is -0.398. The number of aryl methyl sites for hydroxylation is 1. The number of benzene rings is 2. The molecule has 0 saturated carbocycles. The first-order chi connectivity index (χ1) is 11.8. The fraction of sp³-hybridized carbons (Fsp3) is 0.263. The minimum atomic E-state index is -0.235. The maximum atomic E-state index is 12.2. The molecular formula is C19H20Cl2N2O2. The average molecular weight is 379 g/mol. The highest BCUT2D eigenvalue weighted by atomic mass is 35.5. The molecule has 25 heavy (non-hydrogen) atoms. The van der Waals surface area contributed by atoms with E-state index < -0.39 is 0 Å². The van der Waals surface area contributed by atoms with Crippen molar-refractivity contribution < 1.29 is 9.59 Å². The number of nitrogens with zero attached hydrogens (tertiary/aromatic N) is 1. The minimum absolute atomic E-state index is 0.00554. The van der Waals surface area contributed by atoms with Crippen molar-refractivity contribution >= 4 is 40.7 Å². The topological polar surface area (TPSA) is 49.4 Å². The Kier molecular flexibility index (Phi) is 6.85. The second-order valence-electron chi connectivity index (χ2n) is 5.84. The lowest BCUT2D eigenvalue weighted by atomic mass is 10.1. The highest BCUT2D eigenvalue weighted by molar-refractivity contribution is 6.35. The van der Waals surface area contributed by atoms with Crippen LogP contribution in [0, 0.1) is 6.92 Å².